The van der Waals surface area contributed by atoms with E-state index in [-0.39, 0.29) is 0 Å². The van der Waals surface area contributed by atoms with Crippen LogP contribution in [0.1, 0.15) is 43.6 Å². The Kier molecular flexibility index (Phi) is 6.47. The first-order chi connectivity index (χ1) is 12.2. The molecule has 0 heterocycles. The van der Waals surface area contributed by atoms with Crippen LogP contribution in [-0.2, 0) is 11.3 Å². The number of aliphatic hydroxyl groups is 1. The molecule has 0 aliphatic carbocycles. The number of hydrogen-bond donors (Lipinski definition) is 4. The smallest absolute Gasteiger partial charge is 0.422 e. The average Bonchev–Trinajstić information content (AvgIpc) is 2.53. The molecule has 1 amide bonds. The summed E-state index contributed by atoms with van der Waals surface area (Å²) in [6, 6.07) is 12.4. The van der Waals surface area contributed by atoms with Gasteiger partial charge >= 0.3 is 6.09 Å². The number of nitrogens with two attached hydrogens (primary N) is 1. The van der Waals surface area contributed by atoms with Gasteiger partial charge in [0, 0.05) is 22.8 Å². The van der Waals surface area contributed by atoms with E-state index in [9.17, 15) is 9.90 Å². The highest BCUT2D eigenvalue weighted by Crippen LogP contribution is 2.29. The minimum Gasteiger partial charge on any atom is -0.443 e. The maximum atomic E-state index is 11.6. The molecule has 7 heteroatoms. The van der Waals surface area contributed by atoms with Gasteiger partial charge in [-0.2, -0.15) is 0 Å². The van der Waals surface area contributed by atoms with Crippen molar-refractivity contribution in [2.75, 3.05) is 5.73 Å². The van der Waals surface area contributed by atoms with Gasteiger partial charge in [-0.3, -0.25) is 5.43 Å². The molecule has 0 radical (unpaired) electrons. The third-order valence-corrected chi connectivity index (χ3v) is 3.73. The Bertz CT molecular complexity index is 775. The van der Waals surface area contributed by atoms with Crippen LogP contribution in [0.3, 0.4) is 0 Å². The number of carbonyl (C=O) groups is 1. The van der Waals surface area contributed by atoms with Gasteiger partial charge < -0.3 is 15.6 Å². The van der Waals surface area contributed by atoms with Gasteiger partial charge in [0.2, 0.25) is 0 Å². The minimum atomic E-state index is -0.869. The molecule has 0 bridgehead atoms. The summed E-state index contributed by atoms with van der Waals surface area (Å²) in [5.41, 5.74) is 13.2. The minimum absolute atomic E-state index is 0.371. The van der Waals surface area contributed by atoms with Crippen molar-refractivity contribution < 1.29 is 14.6 Å². The van der Waals surface area contributed by atoms with Crippen LogP contribution in [0.25, 0.3) is 0 Å². The Labute approximate surface area is 158 Å². The molecule has 0 aliphatic rings. The quantitative estimate of drug-likeness (QED) is 0.472. The van der Waals surface area contributed by atoms with Gasteiger partial charge in [0.25, 0.3) is 0 Å². The summed E-state index contributed by atoms with van der Waals surface area (Å²) >= 11 is 5.90. The van der Waals surface area contributed by atoms with Crippen molar-refractivity contribution in [3.05, 3.63) is 64.2 Å². The monoisotopic (exact) mass is 377 g/mol. The number of nitrogens with one attached hydrogen (secondary N) is 2. The summed E-state index contributed by atoms with van der Waals surface area (Å²) in [5.74, 6) is 0. The molecule has 26 heavy (non-hydrogen) atoms. The van der Waals surface area contributed by atoms with Gasteiger partial charge in [-0.25, -0.2) is 10.2 Å². The molecule has 0 saturated carbocycles. The van der Waals surface area contributed by atoms with Gasteiger partial charge in [0.15, 0.2) is 0 Å². The third kappa shape index (κ3) is 5.91. The Morgan fingerprint density at radius 3 is 2.65 bits per heavy atom. The molecule has 0 spiro atoms. The van der Waals surface area contributed by atoms with Crippen LogP contribution in [0, 0.1) is 0 Å². The fourth-order valence-electron chi connectivity index (χ4n) is 2.37. The molecular formula is C19H24ClN3O3. The molecule has 2 aromatic carbocycles. The van der Waals surface area contributed by atoms with E-state index in [2.05, 4.69) is 10.9 Å². The zero-order valence-electron chi connectivity index (χ0n) is 15.0. The van der Waals surface area contributed by atoms with Crippen LogP contribution >= 0.6 is 11.6 Å². The van der Waals surface area contributed by atoms with E-state index in [1.807, 2.05) is 24.3 Å². The van der Waals surface area contributed by atoms with Crippen molar-refractivity contribution in [3.8, 4) is 0 Å². The largest absolute Gasteiger partial charge is 0.443 e. The molecule has 1 atom stereocenters. The number of carbonyl (C=O) groups excluding carboxylic acids is 1. The number of hydrazine groups is 1. The zero-order chi connectivity index (χ0) is 19.3. The van der Waals surface area contributed by atoms with Gasteiger partial charge in [0.05, 0.1) is 0 Å². The number of anilines is 1. The molecule has 6 nitrogen and oxygen atoms in total. The summed E-state index contributed by atoms with van der Waals surface area (Å²) in [4.78, 5) is 11.6. The van der Waals surface area contributed by atoms with Gasteiger partial charge in [-0.05, 0) is 44.0 Å². The normalized spacial score (nSPS) is 12.5. The lowest BCUT2D eigenvalue weighted by atomic mass is 9.98. The maximum absolute atomic E-state index is 11.6. The van der Waals surface area contributed by atoms with E-state index in [0.29, 0.717) is 28.4 Å². The van der Waals surface area contributed by atoms with Crippen LogP contribution in [0.4, 0.5) is 10.5 Å². The fraction of sp³-hybridized carbons (Fsp3) is 0.316. The SMILES string of the molecule is CC(C)(C)OC(=O)NNCc1cccc(C(O)c2ccc(Cl)cc2N)c1. The molecule has 0 fully saturated rings. The second-order valence-corrected chi connectivity index (χ2v) is 7.34. The highest BCUT2D eigenvalue weighted by atomic mass is 35.5. The summed E-state index contributed by atoms with van der Waals surface area (Å²) in [5, 5.41) is 11.1. The second kappa shape index (κ2) is 8.40. The van der Waals surface area contributed by atoms with Crippen molar-refractivity contribution in [1.82, 2.24) is 10.9 Å². The molecule has 1 unspecified atom stereocenters. The second-order valence-electron chi connectivity index (χ2n) is 6.90. The Morgan fingerprint density at radius 1 is 1.27 bits per heavy atom. The number of nitrogen functional groups attached to an aromatic ring is 1. The fourth-order valence-corrected chi connectivity index (χ4v) is 2.55. The van der Waals surface area contributed by atoms with Crippen LogP contribution in [0.5, 0.6) is 0 Å². The van der Waals surface area contributed by atoms with Crippen molar-refractivity contribution in [2.24, 2.45) is 0 Å². The molecule has 140 valence electrons. The molecule has 0 aromatic heterocycles. The van der Waals surface area contributed by atoms with Gasteiger partial charge in [-0.15, -0.1) is 0 Å². The van der Waals surface area contributed by atoms with E-state index in [4.69, 9.17) is 22.1 Å². The summed E-state index contributed by atoms with van der Waals surface area (Å²) < 4.78 is 5.14. The first kappa shape index (κ1) is 20.0. The average molecular weight is 378 g/mol. The van der Waals surface area contributed by atoms with Crippen molar-refractivity contribution in [3.63, 3.8) is 0 Å². The topological polar surface area (TPSA) is 96.6 Å². The van der Waals surface area contributed by atoms with Crippen LogP contribution in [0.15, 0.2) is 42.5 Å². The van der Waals surface area contributed by atoms with Crippen LogP contribution < -0.4 is 16.6 Å². The molecule has 0 saturated heterocycles. The van der Waals surface area contributed by atoms with Crippen LogP contribution in [0.2, 0.25) is 5.02 Å². The first-order valence-electron chi connectivity index (χ1n) is 8.19. The van der Waals surface area contributed by atoms with Crippen molar-refractivity contribution >= 4 is 23.4 Å². The lowest BCUT2D eigenvalue weighted by Crippen LogP contribution is -2.40. The highest BCUT2D eigenvalue weighted by Gasteiger charge is 2.16. The number of amides is 1. The Morgan fingerprint density at radius 2 is 2.00 bits per heavy atom. The lowest BCUT2D eigenvalue weighted by Gasteiger charge is -2.20. The summed E-state index contributed by atoms with van der Waals surface area (Å²) in [6.07, 6.45) is -1.42. The Hall–Kier alpha value is -2.28. The van der Waals surface area contributed by atoms with E-state index in [0.717, 1.165) is 5.56 Å². The zero-order valence-corrected chi connectivity index (χ0v) is 15.8. The third-order valence-electron chi connectivity index (χ3n) is 3.49. The summed E-state index contributed by atoms with van der Waals surface area (Å²) in [6.45, 7) is 5.75. The standard InChI is InChI=1S/C19H24ClN3O3/c1-19(2,3)26-18(25)23-22-11-12-5-4-6-13(9-12)17(24)15-8-7-14(20)10-16(15)21/h4-10,17,22,24H,11,21H2,1-3H3,(H,23,25). The number of halogens is 1. The van der Waals surface area contributed by atoms with E-state index in [1.165, 1.54) is 0 Å². The van der Waals surface area contributed by atoms with Crippen molar-refractivity contribution in [2.45, 2.75) is 39.0 Å². The predicted molar refractivity (Wildman–Crippen MR) is 103 cm³/mol. The summed E-state index contributed by atoms with van der Waals surface area (Å²) in [7, 11) is 0. The molecule has 2 rings (SSSR count). The predicted octanol–water partition coefficient (Wildman–Crippen LogP) is 3.53. The molecule has 2 aromatic rings. The van der Waals surface area contributed by atoms with Crippen LogP contribution in [-0.4, -0.2) is 16.8 Å². The Balaban J connectivity index is 2.00. The van der Waals surface area contributed by atoms with E-state index < -0.39 is 17.8 Å². The van der Waals surface area contributed by atoms with Gasteiger partial charge in [0.1, 0.15) is 11.7 Å². The van der Waals surface area contributed by atoms with Crippen molar-refractivity contribution in [1.29, 1.82) is 0 Å². The number of aliphatic hydroxyl groups excluding tert-OH is 1. The van der Waals surface area contributed by atoms with Gasteiger partial charge in [-0.1, -0.05) is 41.9 Å². The molecule has 5 N–H and O–H groups in total. The first-order valence-corrected chi connectivity index (χ1v) is 8.57. The van der Waals surface area contributed by atoms with E-state index in [1.54, 1.807) is 39.0 Å². The number of hydrogen-bond acceptors (Lipinski definition) is 5. The van der Waals surface area contributed by atoms with E-state index >= 15 is 0 Å². The maximum Gasteiger partial charge on any atom is 0.422 e. The lowest BCUT2D eigenvalue weighted by molar-refractivity contribution is 0.0497. The molecular weight excluding hydrogens is 354 g/mol. The number of benzene rings is 2. The number of rotatable bonds is 5. The highest BCUT2D eigenvalue weighted by molar-refractivity contribution is 6.30. The number of ether oxygens (including phenoxy) is 1. The molecule has 0 aliphatic heterocycles.